The summed E-state index contributed by atoms with van der Waals surface area (Å²) < 4.78 is 5.67. The van der Waals surface area contributed by atoms with Gasteiger partial charge in [-0.2, -0.15) is 0 Å². The third kappa shape index (κ3) is 10.2. The van der Waals surface area contributed by atoms with Crippen LogP contribution in [0.2, 0.25) is 0 Å². The second-order valence-corrected chi connectivity index (χ2v) is 8.03. The van der Waals surface area contributed by atoms with Crippen molar-refractivity contribution < 1.29 is 9.53 Å². The fourth-order valence-corrected chi connectivity index (χ4v) is 4.38. The Labute approximate surface area is 156 Å². The molecular formula is C22H43NO2. The predicted molar refractivity (Wildman–Crippen MR) is 107 cm³/mol. The van der Waals surface area contributed by atoms with Gasteiger partial charge in [0.25, 0.3) is 0 Å². The fraction of sp³-hybridized carbons (Fsp3) is 0.955. The molecule has 0 radical (unpaired) electrons. The van der Waals surface area contributed by atoms with Crippen LogP contribution in [0, 0.1) is 17.8 Å². The highest BCUT2D eigenvalue weighted by molar-refractivity contribution is 5.76. The Kier molecular flexibility index (Phi) is 13.1. The molecule has 1 aliphatic carbocycles. The van der Waals surface area contributed by atoms with E-state index in [1.807, 2.05) is 0 Å². The number of nitrogens with one attached hydrogen (secondary N) is 1. The van der Waals surface area contributed by atoms with Gasteiger partial charge in [0.05, 0.1) is 0 Å². The molecule has 0 aliphatic heterocycles. The summed E-state index contributed by atoms with van der Waals surface area (Å²) >= 11 is 0. The Morgan fingerprint density at radius 2 is 1.72 bits per heavy atom. The summed E-state index contributed by atoms with van der Waals surface area (Å²) in [5.74, 6) is 2.36. The molecule has 0 saturated heterocycles. The molecule has 0 aromatic carbocycles. The number of hydrogen-bond donors (Lipinski definition) is 1. The second-order valence-electron chi connectivity index (χ2n) is 8.03. The molecule has 1 aliphatic rings. The molecule has 1 amide bonds. The van der Waals surface area contributed by atoms with Crippen molar-refractivity contribution in [3.05, 3.63) is 0 Å². The van der Waals surface area contributed by atoms with Crippen molar-refractivity contribution in [3.63, 3.8) is 0 Å². The molecule has 3 nitrogen and oxygen atoms in total. The minimum absolute atomic E-state index is 0.244. The minimum Gasteiger partial charge on any atom is -0.381 e. The highest BCUT2D eigenvalue weighted by Gasteiger charge is 2.30. The largest absolute Gasteiger partial charge is 0.381 e. The van der Waals surface area contributed by atoms with Crippen LogP contribution in [0.1, 0.15) is 97.8 Å². The van der Waals surface area contributed by atoms with Crippen molar-refractivity contribution in [2.24, 2.45) is 17.8 Å². The molecule has 0 aromatic rings. The van der Waals surface area contributed by atoms with Gasteiger partial charge in [-0.15, -0.1) is 0 Å². The van der Waals surface area contributed by atoms with Crippen molar-refractivity contribution in [2.45, 2.75) is 97.8 Å². The maximum absolute atomic E-state index is 12.2. The van der Waals surface area contributed by atoms with E-state index < -0.39 is 0 Å². The van der Waals surface area contributed by atoms with Gasteiger partial charge in [-0.25, -0.2) is 0 Å². The number of carbonyl (C=O) groups excluding carboxylic acids is 1. The van der Waals surface area contributed by atoms with Crippen LogP contribution in [0.5, 0.6) is 0 Å². The van der Waals surface area contributed by atoms with E-state index in [4.69, 9.17) is 4.74 Å². The molecule has 1 rings (SSSR count). The normalized spacial score (nSPS) is 23.6. The first kappa shape index (κ1) is 22.5. The molecule has 25 heavy (non-hydrogen) atoms. The van der Waals surface area contributed by atoms with Crippen LogP contribution in [-0.4, -0.2) is 25.7 Å². The number of hydrogen-bond acceptors (Lipinski definition) is 2. The lowest BCUT2D eigenvalue weighted by atomic mass is 9.70. The fourth-order valence-electron chi connectivity index (χ4n) is 4.38. The van der Waals surface area contributed by atoms with Gasteiger partial charge in [0.2, 0.25) is 5.91 Å². The Balaban J connectivity index is 1.96. The van der Waals surface area contributed by atoms with Crippen molar-refractivity contribution in [2.75, 3.05) is 19.8 Å². The lowest BCUT2D eigenvalue weighted by Crippen LogP contribution is -2.33. The van der Waals surface area contributed by atoms with Gasteiger partial charge in [0.15, 0.2) is 0 Å². The first-order chi connectivity index (χ1) is 12.2. The molecule has 0 aromatic heterocycles. The van der Waals surface area contributed by atoms with Crippen molar-refractivity contribution >= 4 is 5.91 Å². The average Bonchev–Trinajstić information content (AvgIpc) is 2.60. The standard InChI is InChI=1S/C22H43NO2/c1-4-6-7-8-9-10-16-25-17-12-15-23-22(24)18-20-14-11-13-19(3)21(20)5-2/h19-21H,4-18H2,1-3H3,(H,23,24). The van der Waals surface area contributed by atoms with Crippen molar-refractivity contribution in [3.8, 4) is 0 Å². The average molecular weight is 354 g/mol. The van der Waals surface area contributed by atoms with Crippen molar-refractivity contribution in [1.29, 1.82) is 0 Å². The molecule has 3 heteroatoms. The summed E-state index contributed by atoms with van der Waals surface area (Å²) in [4.78, 5) is 12.2. The lowest BCUT2D eigenvalue weighted by molar-refractivity contribution is -0.123. The first-order valence-electron chi connectivity index (χ1n) is 11.0. The summed E-state index contributed by atoms with van der Waals surface area (Å²) in [6.45, 7) is 9.29. The third-order valence-corrected chi connectivity index (χ3v) is 5.92. The summed E-state index contributed by atoms with van der Waals surface area (Å²) in [6.07, 6.45) is 14.6. The summed E-state index contributed by atoms with van der Waals surface area (Å²) in [5.41, 5.74) is 0. The van der Waals surface area contributed by atoms with Crippen LogP contribution >= 0.6 is 0 Å². The van der Waals surface area contributed by atoms with Crippen molar-refractivity contribution in [1.82, 2.24) is 5.32 Å². The van der Waals surface area contributed by atoms with Crippen LogP contribution in [0.15, 0.2) is 0 Å². The Hall–Kier alpha value is -0.570. The van der Waals surface area contributed by atoms with E-state index in [9.17, 15) is 4.79 Å². The van der Waals surface area contributed by atoms with Crippen LogP contribution in [0.25, 0.3) is 0 Å². The number of unbranched alkanes of at least 4 members (excludes halogenated alkanes) is 5. The number of ether oxygens (including phenoxy) is 1. The Bertz CT molecular complexity index is 332. The molecule has 1 N–H and O–H groups in total. The molecule has 0 heterocycles. The SMILES string of the molecule is CCCCCCCCOCCCNC(=O)CC1CCCC(C)C1CC. The monoisotopic (exact) mass is 353 g/mol. The summed E-state index contributed by atoms with van der Waals surface area (Å²) in [5, 5.41) is 3.10. The number of rotatable bonds is 14. The van der Waals surface area contributed by atoms with Crippen LogP contribution in [0.4, 0.5) is 0 Å². The van der Waals surface area contributed by atoms with Gasteiger partial charge < -0.3 is 10.1 Å². The van der Waals surface area contributed by atoms with E-state index >= 15 is 0 Å². The molecule has 148 valence electrons. The van der Waals surface area contributed by atoms with E-state index in [-0.39, 0.29) is 5.91 Å². The van der Waals surface area contributed by atoms with Gasteiger partial charge in [-0.1, -0.05) is 72.1 Å². The zero-order chi connectivity index (χ0) is 18.3. The van der Waals surface area contributed by atoms with E-state index in [0.29, 0.717) is 5.92 Å². The van der Waals surface area contributed by atoms with Gasteiger partial charge in [0, 0.05) is 26.2 Å². The molecule has 3 unspecified atom stereocenters. The molecule has 3 atom stereocenters. The third-order valence-electron chi connectivity index (χ3n) is 5.92. The molecule has 0 spiro atoms. The number of amides is 1. The second kappa shape index (κ2) is 14.6. The van der Waals surface area contributed by atoms with Crippen LogP contribution in [0.3, 0.4) is 0 Å². The molecule has 1 fully saturated rings. The minimum atomic E-state index is 0.244. The van der Waals surface area contributed by atoms with Gasteiger partial charge in [-0.05, 0) is 37.0 Å². The van der Waals surface area contributed by atoms with Crippen LogP contribution < -0.4 is 5.32 Å². The molecule has 0 bridgehead atoms. The Morgan fingerprint density at radius 1 is 1.00 bits per heavy atom. The Morgan fingerprint density at radius 3 is 2.48 bits per heavy atom. The summed E-state index contributed by atoms with van der Waals surface area (Å²) in [7, 11) is 0. The van der Waals surface area contributed by atoms with Gasteiger partial charge in [0.1, 0.15) is 0 Å². The summed E-state index contributed by atoms with van der Waals surface area (Å²) in [6, 6.07) is 0. The highest BCUT2D eigenvalue weighted by Crippen LogP contribution is 2.38. The number of carbonyl (C=O) groups is 1. The van der Waals surface area contributed by atoms with E-state index in [0.717, 1.165) is 44.4 Å². The quantitative estimate of drug-likeness (QED) is 0.405. The maximum Gasteiger partial charge on any atom is 0.220 e. The van der Waals surface area contributed by atoms with E-state index in [2.05, 4.69) is 26.1 Å². The predicted octanol–water partition coefficient (Wildman–Crippen LogP) is 5.72. The topological polar surface area (TPSA) is 38.3 Å². The molecular weight excluding hydrogens is 310 g/mol. The van der Waals surface area contributed by atoms with E-state index in [1.54, 1.807) is 0 Å². The van der Waals surface area contributed by atoms with Crippen LogP contribution in [-0.2, 0) is 9.53 Å². The smallest absolute Gasteiger partial charge is 0.220 e. The maximum atomic E-state index is 12.2. The van der Waals surface area contributed by atoms with Gasteiger partial charge in [-0.3, -0.25) is 4.79 Å². The zero-order valence-electron chi connectivity index (χ0n) is 17.2. The van der Waals surface area contributed by atoms with Gasteiger partial charge >= 0.3 is 0 Å². The highest BCUT2D eigenvalue weighted by atomic mass is 16.5. The zero-order valence-corrected chi connectivity index (χ0v) is 17.2. The first-order valence-corrected chi connectivity index (χ1v) is 11.0. The molecule has 1 saturated carbocycles. The lowest BCUT2D eigenvalue weighted by Gasteiger charge is -2.35. The van der Waals surface area contributed by atoms with E-state index in [1.165, 1.54) is 64.2 Å².